The summed E-state index contributed by atoms with van der Waals surface area (Å²) in [4.78, 5) is 4.05. The van der Waals surface area contributed by atoms with Gasteiger partial charge in [0.15, 0.2) is 0 Å². The van der Waals surface area contributed by atoms with E-state index in [1.165, 1.54) is 6.07 Å². The molecule has 1 heterocycles. The lowest BCUT2D eigenvalue weighted by atomic mass is 10.2. The zero-order valence-electron chi connectivity index (χ0n) is 9.48. The molecular formula is C13H13FN2O. The fraction of sp³-hybridized carbons (Fsp3) is 0.154. The average molecular weight is 232 g/mol. The maximum Gasteiger partial charge on any atom is 0.237 e. The highest BCUT2D eigenvalue weighted by Gasteiger charge is 2.04. The number of rotatable bonds is 4. The first-order valence-electron chi connectivity index (χ1n) is 5.27. The van der Waals surface area contributed by atoms with Crippen molar-refractivity contribution in [3.8, 4) is 5.88 Å². The van der Waals surface area contributed by atoms with Gasteiger partial charge in [0.25, 0.3) is 0 Å². The number of ether oxygens (including phenoxy) is 1. The molecule has 1 aromatic heterocycles. The minimum Gasteiger partial charge on any atom is -0.480 e. The molecule has 4 heteroatoms. The van der Waals surface area contributed by atoms with Crippen molar-refractivity contribution in [2.75, 3.05) is 12.4 Å². The third-order valence-corrected chi connectivity index (χ3v) is 2.39. The van der Waals surface area contributed by atoms with E-state index < -0.39 is 0 Å². The number of aromatic nitrogens is 1. The van der Waals surface area contributed by atoms with Gasteiger partial charge in [-0.2, -0.15) is 0 Å². The summed E-state index contributed by atoms with van der Waals surface area (Å²) in [5, 5.41) is 3.09. The number of nitrogens with one attached hydrogen (secondary N) is 1. The molecule has 0 aliphatic heterocycles. The molecule has 0 aliphatic rings. The van der Waals surface area contributed by atoms with Gasteiger partial charge in [-0.05, 0) is 18.2 Å². The Kier molecular flexibility index (Phi) is 3.55. The van der Waals surface area contributed by atoms with Crippen molar-refractivity contribution >= 4 is 5.69 Å². The normalized spacial score (nSPS) is 10.0. The van der Waals surface area contributed by atoms with Crippen molar-refractivity contribution in [1.29, 1.82) is 0 Å². The molecule has 2 aromatic rings. The van der Waals surface area contributed by atoms with E-state index in [0.29, 0.717) is 18.0 Å². The Labute approximate surface area is 99.3 Å². The van der Waals surface area contributed by atoms with Crippen molar-refractivity contribution in [1.82, 2.24) is 4.98 Å². The highest BCUT2D eigenvalue weighted by molar-refractivity contribution is 5.52. The fourth-order valence-corrected chi connectivity index (χ4v) is 1.52. The van der Waals surface area contributed by atoms with E-state index in [-0.39, 0.29) is 5.82 Å². The summed E-state index contributed by atoms with van der Waals surface area (Å²) in [7, 11) is 1.55. The molecule has 0 aliphatic carbocycles. The van der Waals surface area contributed by atoms with Crippen molar-refractivity contribution in [2.24, 2.45) is 0 Å². The van der Waals surface area contributed by atoms with E-state index in [4.69, 9.17) is 4.74 Å². The standard InChI is InChI=1S/C13H13FN2O/c1-17-13-12(7-4-8-15-13)16-9-10-5-2-3-6-11(10)14/h2-8,16H,9H2,1H3. The second-order valence-electron chi connectivity index (χ2n) is 3.51. The van der Waals surface area contributed by atoms with Crippen LogP contribution in [0.1, 0.15) is 5.56 Å². The van der Waals surface area contributed by atoms with Crippen LogP contribution in [0, 0.1) is 5.82 Å². The molecule has 17 heavy (non-hydrogen) atoms. The van der Waals surface area contributed by atoms with Crippen molar-refractivity contribution in [2.45, 2.75) is 6.54 Å². The van der Waals surface area contributed by atoms with Crippen LogP contribution < -0.4 is 10.1 Å². The molecule has 0 saturated carbocycles. The SMILES string of the molecule is COc1ncccc1NCc1ccccc1F. The Morgan fingerprint density at radius 3 is 2.82 bits per heavy atom. The summed E-state index contributed by atoms with van der Waals surface area (Å²) >= 11 is 0. The third kappa shape index (κ3) is 2.72. The first kappa shape index (κ1) is 11.4. The molecule has 0 saturated heterocycles. The van der Waals surface area contributed by atoms with Crippen LogP contribution in [0.2, 0.25) is 0 Å². The van der Waals surface area contributed by atoms with E-state index >= 15 is 0 Å². The van der Waals surface area contributed by atoms with E-state index in [9.17, 15) is 4.39 Å². The molecule has 0 fully saturated rings. The van der Waals surface area contributed by atoms with Crippen molar-refractivity contribution < 1.29 is 9.13 Å². The number of anilines is 1. The minimum absolute atomic E-state index is 0.220. The maximum atomic E-state index is 13.4. The Hall–Kier alpha value is -2.10. The number of pyridine rings is 1. The first-order chi connectivity index (χ1) is 8.31. The second kappa shape index (κ2) is 5.30. The van der Waals surface area contributed by atoms with Crippen LogP contribution in [-0.4, -0.2) is 12.1 Å². The zero-order valence-corrected chi connectivity index (χ0v) is 9.48. The molecule has 0 atom stereocenters. The summed E-state index contributed by atoms with van der Waals surface area (Å²) in [6, 6.07) is 10.3. The summed E-state index contributed by atoms with van der Waals surface area (Å²) < 4.78 is 18.5. The number of methoxy groups -OCH3 is 1. The number of benzene rings is 1. The molecule has 0 radical (unpaired) electrons. The van der Waals surface area contributed by atoms with E-state index in [1.807, 2.05) is 6.07 Å². The van der Waals surface area contributed by atoms with Crippen LogP contribution >= 0.6 is 0 Å². The van der Waals surface area contributed by atoms with Crippen LogP contribution in [0.4, 0.5) is 10.1 Å². The van der Waals surface area contributed by atoms with Gasteiger partial charge in [0.2, 0.25) is 5.88 Å². The molecule has 88 valence electrons. The molecule has 1 N–H and O–H groups in total. The van der Waals surface area contributed by atoms with Crippen LogP contribution in [0.3, 0.4) is 0 Å². The van der Waals surface area contributed by atoms with Gasteiger partial charge in [-0.25, -0.2) is 9.37 Å². The predicted molar refractivity (Wildman–Crippen MR) is 64.5 cm³/mol. The van der Waals surface area contributed by atoms with E-state index in [2.05, 4.69) is 10.3 Å². The van der Waals surface area contributed by atoms with Gasteiger partial charge < -0.3 is 10.1 Å². The summed E-state index contributed by atoms with van der Waals surface area (Å²) in [5.41, 5.74) is 1.36. The van der Waals surface area contributed by atoms with Crippen LogP contribution in [0.25, 0.3) is 0 Å². The topological polar surface area (TPSA) is 34.1 Å². The highest BCUT2D eigenvalue weighted by Crippen LogP contribution is 2.20. The van der Waals surface area contributed by atoms with Gasteiger partial charge >= 0.3 is 0 Å². The molecule has 1 aromatic carbocycles. The Balaban J connectivity index is 2.10. The summed E-state index contributed by atoms with van der Waals surface area (Å²) in [6.45, 7) is 0.398. The second-order valence-corrected chi connectivity index (χ2v) is 3.51. The van der Waals surface area contributed by atoms with Crippen molar-refractivity contribution in [3.63, 3.8) is 0 Å². The third-order valence-electron chi connectivity index (χ3n) is 2.39. The molecule has 3 nitrogen and oxygen atoms in total. The Morgan fingerprint density at radius 2 is 2.06 bits per heavy atom. The van der Waals surface area contributed by atoms with Gasteiger partial charge in [0.05, 0.1) is 12.8 Å². The van der Waals surface area contributed by atoms with Gasteiger partial charge in [-0.15, -0.1) is 0 Å². The van der Waals surface area contributed by atoms with Crippen LogP contribution in [-0.2, 0) is 6.54 Å². The Morgan fingerprint density at radius 1 is 1.24 bits per heavy atom. The van der Waals surface area contributed by atoms with Crippen molar-refractivity contribution in [3.05, 3.63) is 54.0 Å². The average Bonchev–Trinajstić information content (AvgIpc) is 2.38. The Bertz CT molecular complexity index is 502. The summed E-state index contributed by atoms with van der Waals surface area (Å²) in [6.07, 6.45) is 1.65. The fourth-order valence-electron chi connectivity index (χ4n) is 1.52. The summed E-state index contributed by atoms with van der Waals surface area (Å²) in [5.74, 6) is 0.284. The van der Waals surface area contributed by atoms with E-state index in [1.54, 1.807) is 37.6 Å². The lowest BCUT2D eigenvalue weighted by Crippen LogP contribution is -2.03. The van der Waals surface area contributed by atoms with E-state index in [0.717, 1.165) is 5.69 Å². The molecular weight excluding hydrogens is 219 g/mol. The highest BCUT2D eigenvalue weighted by atomic mass is 19.1. The molecule has 0 bridgehead atoms. The lowest BCUT2D eigenvalue weighted by Gasteiger charge is -2.10. The number of hydrogen-bond acceptors (Lipinski definition) is 3. The van der Waals surface area contributed by atoms with Gasteiger partial charge in [-0.1, -0.05) is 18.2 Å². The molecule has 0 amide bonds. The van der Waals surface area contributed by atoms with Gasteiger partial charge in [-0.3, -0.25) is 0 Å². The largest absolute Gasteiger partial charge is 0.480 e. The maximum absolute atomic E-state index is 13.4. The number of nitrogens with zero attached hydrogens (tertiary/aromatic N) is 1. The number of halogens is 1. The monoisotopic (exact) mass is 232 g/mol. The quantitative estimate of drug-likeness (QED) is 0.880. The zero-order chi connectivity index (χ0) is 12.1. The van der Waals surface area contributed by atoms with Crippen LogP contribution in [0.5, 0.6) is 5.88 Å². The number of hydrogen-bond donors (Lipinski definition) is 1. The smallest absolute Gasteiger partial charge is 0.237 e. The van der Waals surface area contributed by atoms with Gasteiger partial charge in [0, 0.05) is 18.3 Å². The van der Waals surface area contributed by atoms with Gasteiger partial charge in [0.1, 0.15) is 5.82 Å². The first-order valence-corrected chi connectivity index (χ1v) is 5.27. The molecule has 0 unspecified atom stereocenters. The minimum atomic E-state index is -0.220. The molecule has 2 rings (SSSR count). The molecule has 0 spiro atoms. The van der Waals surface area contributed by atoms with Crippen LogP contribution in [0.15, 0.2) is 42.6 Å². The predicted octanol–water partition coefficient (Wildman–Crippen LogP) is 2.84. The lowest BCUT2D eigenvalue weighted by molar-refractivity contribution is 0.399.